The number of benzene rings is 1. The first kappa shape index (κ1) is 12.0. The lowest BCUT2D eigenvalue weighted by atomic mass is 9.91. The molecule has 0 aromatic heterocycles. The molecule has 1 saturated carbocycles. The highest BCUT2D eigenvalue weighted by Crippen LogP contribution is 2.39. The zero-order valence-corrected chi connectivity index (χ0v) is 11.2. The van der Waals surface area contributed by atoms with E-state index in [0.717, 1.165) is 18.7 Å². The lowest BCUT2D eigenvalue weighted by Gasteiger charge is -2.39. The van der Waals surface area contributed by atoms with E-state index in [1.54, 1.807) is 0 Å². The Balaban J connectivity index is 1.89. The standard InChI is InChI=1S/C15H18ClNO/c16-14-9-13(7-6-12(14)10-18)17-8-2-4-11-3-1-5-15(11)17/h6-7,9-11,15H,1-5,8H2. The summed E-state index contributed by atoms with van der Waals surface area (Å²) >= 11 is 6.13. The van der Waals surface area contributed by atoms with Crippen LogP contribution >= 0.6 is 11.6 Å². The Morgan fingerprint density at radius 3 is 2.83 bits per heavy atom. The van der Waals surface area contributed by atoms with E-state index in [1.807, 2.05) is 18.2 Å². The molecule has 0 spiro atoms. The summed E-state index contributed by atoms with van der Waals surface area (Å²) in [6.45, 7) is 1.12. The Morgan fingerprint density at radius 2 is 2.06 bits per heavy atom. The highest BCUT2D eigenvalue weighted by Gasteiger charge is 2.35. The van der Waals surface area contributed by atoms with Gasteiger partial charge in [-0.1, -0.05) is 18.0 Å². The van der Waals surface area contributed by atoms with Crippen LogP contribution < -0.4 is 4.90 Å². The molecule has 0 amide bonds. The molecule has 2 unspecified atom stereocenters. The summed E-state index contributed by atoms with van der Waals surface area (Å²) in [7, 11) is 0. The van der Waals surface area contributed by atoms with Gasteiger partial charge >= 0.3 is 0 Å². The van der Waals surface area contributed by atoms with E-state index in [0.29, 0.717) is 16.6 Å². The molecule has 2 atom stereocenters. The Kier molecular flexibility index (Phi) is 3.29. The van der Waals surface area contributed by atoms with E-state index >= 15 is 0 Å². The second-order valence-corrected chi connectivity index (χ2v) is 5.82. The van der Waals surface area contributed by atoms with Crippen LogP contribution in [0.1, 0.15) is 42.5 Å². The van der Waals surface area contributed by atoms with Gasteiger partial charge in [-0.3, -0.25) is 4.79 Å². The van der Waals surface area contributed by atoms with Gasteiger partial charge in [0.05, 0.1) is 5.02 Å². The molecule has 1 aromatic rings. The number of hydrogen-bond acceptors (Lipinski definition) is 2. The Morgan fingerprint density at radius 1 is 1.22 bits per heavy atom. The van der Waals surface area contributed by atoms with Crippen LogP contribution in [-0.2, 0) is 0 Å². The van der Waals surface area contributed by atoms with E-state index in [-0.39, 0.29) is 0 Å². The van der Waals surface area contributed by atoms with Crippen molar-refractivity contribution in [2.75, 3.05) is 11.4 Å². The van der Waals surface area contributed by atoms with Crippen molar-refractivity contribution in [3.8, 4) is 0 Å². The number of aldehydes is 1. The average Bonchev–Trinajstić information content (AvgIpc) is 2.86. The number of piperidine rings is 1. The van der Waals surface area contributed by atoms with Crippen LogP contribution in [0.25, 0.3) is 0 Å². The van der Waals surface area contributed by atoms with Gasteiger partial charge in [0.1, 0.15) is 0 Å². The maximum Gasteiger partial charge on any atom is 0.151 e. The van der Waals surface area contributed by atoms with Crippen LogP contribution in [0.3, 0.4) is 0 Å². The molecule has 1 aromatic carbocycles. The molecule has 96 valence electrons. The smallest absolute Gasteiger partial charge is 0.151 e. The van der Waals surface area contributed by atoms with Crippen LogP contribution in [0.15, 0.2) is 18.2 Å². The van der Waals surface area contributed by atoms with E-state index in [2.05, 4.69) is 4.90 Å². The van der Waals surface area contributed by atoms with Gasteiger partial charge in [0.15, 0.2) is 6.29 Å². The van der Waals surface area contributed by atoms with Gasteiger partial charge in [-0.2, -0.15) is 0 Å². The number of carbonyl (C=O) groups is 1. The second-order valence-electron chi connectivity index (χ2n) is 5.42. The minimum absolute atomic E-state index is 0.572. The molecule has 0 bridgehead atoms. The average molecular weight is 264 g/mol. The SMILES string of the molecule is O=Cc1ccc(N2CCCC3CCCC32)cc1Cl. The van der Waals surface area contributed by atoms with Crippen molar-refractivity contribution >= 4 is 23.6 Å². The molecule has 0 radical (unpaired) electrons. The summed E-state index contributed by atoms with van der Waals surface area (Å²) in [4.78, 5) is 13.3. The Bertz CT molecular complexity index is 460. The van der Waals surface area contributed by atoms with Gasteiger partial charge in [0, 0.05) is 23.8 Å². The number of carbonyl (C=O) groups excluding carboxylic acids is 1. The Hall–Kier alpha value is -1.02. The Labute approximate surface area is 113 Å². The fraction of sp³-hybridized carbons (Fsp3) is 0.533. The minimum Gasteiger partial charge on any atom is -0.368 e. The molecule has 2 aliphatic rings. The zero-order valence-electron chi connectivity index (χ0n) is 10.4. The lowest BCUT2D eigenvalue weighted by Crippen LogP contribution is -2.42. The second kappa shape index (κ2) is 4.93. The third-order valence-electron chi connectivity index (χ3n) is 4.44. The van der Waals surface area contributed by atoms with E-state index in [9.17, 15) is 4.79 Å². The fourth-order valence-corrected chi connectivity index (χ4v) is 3.78. The first-order chi connectivity index (χ1) is 8.79. The predicted molar refractivity (Wildman–Crippen MR) is 74.5 cm³/mol. The number of anilines is 1. The van der Waals surface area contributed by atoms with Crippen LogP contribution in [0, 0.1) is 5.92 Å². The van der Waals surface area contributed by atoms with Crippen molar-refractivity contribution < 1.29 is 4.79 Å². The van der Waals surface area contributed by atoms with Crippen molar-refractivity contribution in [2.24, 2.45) is 5.92 Å². The molecule has 18 heavy (non-hydrogen) atoms. The summed E-state index contributed by atoms with van der Waals surface area (Å²) in [6.07, 6.45) is 7.50. The molecule has 3 rings (SSSR count). The molecule has 2 fully saturated rings. The van der Waals surface area contributed by atoms with Gasteiger partial charge in [0.2, 0.25) is 0 Å². The third kappa shape index (κ3) is 2.03. The zero-order chi connectivity index (χ0) is 12.5. The van der Waals surface area contributed by atoms with Gasteiger partial charge in [0.25, 0.3) is 0 Å². The van der Waals surface area contributed by atoms with Crippen LogP contribution in [0.2, 0.25) is 5.02 Å². The highest BCUT2D eigenvalue weighted by atomic mass is 35.5. The monoisotopic (exact) mass is 263 g/mol. The first-order valence-corrected chi connectivity index (χ1v) is 7.19. The topological polar surface area (TPSA) is 20.3 Å². The number of fused-ring (bicyclic) bond motifs is 1. The highest BCUT2D eigenvalue weighted by molar-refractivity contribution is 6.33. The van der Waals surface area contributed by atoms with Crippen LogP contribution in [0.5, 0.6) is 0 Å². The summed E-state index contributed by atoms with van der Waals surface area (Å²) in [5.41, 5.74) is 1.77. The molecule has 0 N–H and O–H groups in total. The largest absolute Gasteiger partial charge is 0.368 e. The van der Waals surface area contributed by atoms with Crippen molar-refractivity contribution in [1.82, 2.24) is 0 Å². The minimum atomic E-state index is 0.572. The van der Waals surface area contributed by atoms with Gasteiger partial charge in [-0.15, -0.1) is 0 Å². The van der Waals surface area contributed by atoms with E-state index < -0.39 is 0 Å². The van der Waals surface area contributed by atoms with E-state index in [1.165, 1.54) is 37.8 Å². The summed E-state index contributed by atoms with van der Waals surface area (Å²) in [6, 6.07) is 6.52. The lowest BCUT2D eigenvalue weighted by molar-refractivity contribution is 0.112. The summed E-state index contributed by atoms with van der Waals surface area (Å²) in [5, 5.41) is 0.572. The van der Waals surface area contributed by atoms with E-state index in [4.69, 9.17) is 11.6 Å². The predicted octanol–water partition coefficient (Wildman–Crippen LogP) is 3.92. The third-order valence-corrected chi connectivity index (χ3v) is 4.76. The van der Waals surface area contributed by atoms with Gasteiger partial charge < -0.3 is 4.90 Å². The molecular formula is C15H18ClNO. The number of nitrogens with zero attached hydrogens (tertiary/aromatic N) is 1. The molecule has 3 heteroatoms. The molecular weight excluding hydrogens is 246 g/mol. The van der Waals surface area contributed by atoms with Crippen LogP contribution in [-0.4, -0.2) is 18.9 Å². The van der Waals surface area contributed by atoms with Crippen molar-refractivity contribution in [3.63, 3.8) is 0 Å². The van der Waals surface area contributed by atoms with Crippen molar-refractivity contribution in [2.45, 2.75) is 38.1 Å². The number of halogens is 1. The molecule has 1 heterocycles. The van der Waals surface area contributed by atoms with Gasteiger partial charge in [-0.05, 0) is 49.8 Å². The van der Waals surface area contributed by atoms with Gasteiger partial charge in [-0.25, -0.2) is 0 Å². The molecule has 1 aliphatic heterocycles. The summed E-state index contributed by atoms with van der Waals surface area (Å²) < 4.78 is 0. The summed E-state index contributed by atoms with van der Waals surface area (Å²) in [5.74, 6) is 0.864. The molecule has 2 nitrogen and oxygen atoms in total. The van der Waals surface area contributed by atoms with Crippen molar-refractivity contribution in [3.05, 3.63) is 28.8 Å². The molecule has 1 aliphatic carbocycles. The first-order valence-electron chi connectivity index (χ1n) is 6.81. The quantitative estimate of drug-likeness (QED) is 0.754. The normalized spacial score (nSPS) is 27.1. The fourth-order valence-electron chi connectivity index (χ4n) is 3.56. The number of hydrogen-bond donors (Lipinski definition) is 0. The van der Waals surface area contributed by atoms with Crippen LogP contribution in [0.4, 0.5) is 5.69 Å². The maximum absolute atomic E-state index is 10.8. The van der Waals surface area contributed by atoms with Crippen molar-refractivity contribution in [1.29, 1.82) is 0 Å². The maximum atomic E-state index is 10.8. The molecule has 1 saturated heterocycles. The number of rotatable bonds is 2.